The largest absolute Gasteiger partial charge is 0.355 e. The summed E-state index contributed by atoms with van der Waals surface area (Å²) >= 11 is 0. The number of hydrogen-bond donors (Lipinski definition) is 2. The zero-order valence-electron chi connectivity index (χ0n) is 15.8. The third kappa shape index (κ3) is 3.47. The fourth-order valence-electron chi connectivity index (χ4n) is 6.30. The lowest BCUT2D eigenvalue weighted by Gasteiger charge is -2.55. The molecule has 0 unspecified atom stereocenters. The highest BCUT2D eigenvalue weighted by Gasteiger charge is 2.54. The molecule has 26 heavy (non-hydrogen) atoms. The fourth-order valence-corrected chi connectivity index (χ4v) is 6.30. The first kappa shape index (κ1) is 17.8. The Kier molecular flexibility index (Phi) is 4.70. The van der Waals surface area contributed by atoms with E-state index in [1.54, 1.807) is 11.9 Å². The number of likely N-dealkylation sites (tertiary alicyclic amines) is 1. The van der Waals surface area contributed by atoms with Crippen LogP contribution in [-0.2, 0) is 14.4 Å². The maximum Gasteiger partial charge on any atom is 0.226 e. The molecule has 1 saturated heterocycles. The third-order valence-electron chi connectivity index (χ3n) is 7.15. The molecule has 0 spiro atoms. The molecule has 0 radical (unpaired) electrons. The zero-order valence-corrected chi connectivity index (χ0v) is 15.8. The molecule has 0 aromatic heterocycles. The average molecular weight is 361 g/mol. The second-order valence-electron chi connectivity index (χ2n) is 9.28. The van der Waals surface area contributed by atoms with Crippen molar-refractivity contribution in [3.05, 3.63) is 0 Å². The van der Waals surface area contributed by atoms with Gasteiger partial charge in [0.15, 0.2) is 0 Å². The normalized spacial score (nSPS) is 38.3. The van der Waals surface area contributed by atoms with Crippen LogP contribution in [0.2, 0.25) is 0 Å². The number of hydrogen-bond acceptors (Lipinski definition) is 3. The van der Waals surface area contributed by atoms with Gasteiger partial charge in [-0.05, 0) is 62.7 Å². The van der Waals surface area contributed by atoms with Crippen molar-refractivity contribution in [2.45, 2.75) is 63.8 Å². The number of nitrogens with one attached hydrogen (secondary N) is 2. The van der Waals surface area contributed by atoms with E-state index in [-0.39, 0.29) is 29.2 Å². The minimum Gasteiger partial charge on any atom is -0.355 e. The van der Waals surface area contributed by atoms with Gasteiger partial charge in [-0.15, -0.1) is 0 Å². The molecular formula is C20H31N3O3. The summed E-state index contributed by atoms with van der Waals surface area (Å²) < 4.78 is 0. The molecule has 4 saturated carbocycles. The summed E-state index contributed by atoms with van der Waals surface area (Å²) in [5.41, 5.74) is -0.141. The Bertz CT molecular complexity index is 568. The van der Waals surface area contributed by atoms with Gasteiger partial charge in [0.2, 0.25) is 17.7 Å². The van der Waals surface area contributed by atoms with E-state index in [9.17, 15) is 14.4 Å². The predicted octanol–water partition coefficient (Wildman–Crippen LogP) is 1.45. The maximum absolute atomic E-state index is 12.9. The summed E-state index contributed by atoms with van der Waals surface area (Å²) in [5.74, 6) is 2.54. The molecule has 2 N–H and O–H groups in total. The Labute approximate surface area is 155 Å². The monoisotopic (exact) mass is 361 g/mol. The Morgan fingerprint density at radius 2 is 1.73 bits per heavy atom. The number of nitrogens with zero attached hydrogens (tertiary/aromatic N) is 1. The van der Waals surface area contributed by atoms with Gasteiger partial charge in [-0.3, -0.25) is 14.4 Å². The van der Waals surface area contributed by atoms with Crippen LogP contribution in [-0.4, -0.2) is 48.8 Å². The number of carbonyl (C=O) groups excluding carboxylic acids is 3. The van der Waals surface area contributed by atoms with Gasteiger partial charge in [0, 0.05) is 44.4 Å². The SMILES string of the molecule is CN1C[C@H](NC(=O)CCNC(=O)C23CC4CC(CC(C4)C2)C3)CCC1=O. The van der Waals surface area contributed by atoms with E-state index in [2.05, 4.69) is 10.6 Å². The van der Waals surface area contributed by atoms with Gasteiger partial charge in [-0.2, -0.15) is 0 Å². The van der Waals surface area contributed by atoms with E-state index >= 15 is 0 Å². The Morgan fingerprint density at radius 1 is 1.12 bits per heavy atom. The van der Waals surface area contributed by atoms with Gasteiger partial charge in [0.05, 0.1) is 0 Å². The van der Waals surface area contributed by atoms with E-state index < -0.39 is 0 Å². The van der Waals surface area contributed by atoms with Gasteiger partial charge in [0.25, 0.3) is 0 Å². The van der Waals surface area contributed by atoms with Crippen molar-refractivity contribution in [2.75, 3.05) is 20.1 Å². The van der Waals surface area contributed by atoms with Crippen molar-refractivity contribution < 1.29 is 14.4 Å². The van der Waals surface area contributed by atoms with E-state index in [0.29, 0.717) is 32.4 Å². The summed E-state index contributed by atoms with van der Waals surface area (Å²) in [6.45, 7) is 0.984. The molecule has 6 nitrogen and oxygen atoms in total. The van der Waals surface area contributed by atoms with Crippen molar-refractivity contribution >= 4 is 17.7 Å². The number of amides is 3. The number of piperidine rings is 1. The minimum atomic E-state index is -0.141. The lowest BCUT2D eigenvalue weighted by Crippen LogP contribution is -2.54. The van der Waals surface area contributed by atoms with E-state index in [1.807, 2.05) is 0 Å². The van der Waals surface area contributed by atoms with Crippen molar-refractivity contribution in [1.29, 1.82) is 0 Å². The first-order chi connectivity index (χ1) is 12.4. The first-order valence-corrected chi connectivity index (χ1v) is 10.3. The van der Waals surface area contributed by atoms with Crippen molar-refractivity contribution in [1.82, 2.24) is 15.5 Å². The molecule has 4 aliphatic carbocycles. The summed E-state index contributed by atoms with van der Waals surface area (Å²) in [4.78, 5) is 38.2. The van der Waals surface area contributed by atoms with Crippen LogP contribution in [0.4, 0.5) is 0 Å². The summed E-state index contributed by atoms with van der Waals surface area (Å²) in [6, 6.07) is 0.0315. The molecule has 1 atom stereocenters. The molecule has 5 aliphatic rings. The van der Waals surface area contributed by atoms with Crippen LogP contribution in [0.25, 0.3) is 0 Å². The zero-order chi connectivity index (χ0) is 18.3. The predicted molar refractivity (Wildman–Crippen MR) is 97.0 cm³/mol. The quantitative estimate of drug-likeness (QED) is 0.778. The van der Waals surface area contributed by atoms with Crippen LogP contribution in [0.5, 0.6) is 0 Å². The fraction of sp³-hybridized carbons (Fsp3) is 0.850. The molecule has 1 heterocycles. The molecule has 1 aliphatic heterocycles. The van der Waals surface area contributed by atoms with Crippen molar-refractivity contribution in [3.63, 3.8) is 0 Å². The van der Waals surface area contributed by atoms with Gasteiger partial charge in [-0.1, -0.05) is 0 Å². The molecule has 5 rings (SSSR count). The van der Waals surface area contributed by atoms with Crippen LogP contribution < -0.4 is 10.6 Å². The van der Waals surface area contributed by atoms with E-state index in [4.69, 9.17) is 0 Å². The molecule has 0 aromatic rings. The van der Waals surface area contributed by atoms with Gasteiger partial charge in [-0.25, -0.2) is 0 Å². The van der Waals surface area contributed by atoms with Gasteiger partial charge in [0.1, 0.15) is 0 Å². The number of rotatable bonds is 5. The van der Waals surface area contributed by atoms with Gasteiger partial charge < -0.3 is 15.5 Å². The van der Waals surface area contributed by atoms with Crippen molar-refractivity contribution in [2.24, 2.45) is 23.2 Å². The standard InChI is InChI=1S/C20H31N3O3/c1-23-12-16(2-3-18(23)25)22-17(24)4-5-21-19(26)20-9-13-6-14(10-20)8-15(7-13)11-20/h13-16H,2-12H2,1H3,(H,21,26)(H,22,24)/t13?,14?,15?,16-,20?/m1/s1. The topological polar surface area (TPSA) is 78.5 Å². The molecule has 4 bridgehead atoms. The highest BCUT2D eigenvalue weighted by Crippen LogP contribution is 2.60. The molecule has 144 valence electrons. The maximum atomic E-state index is 12.9. The van der Waals surface area contributed by atoms with Crippen LogP contribution >= 0.6 is 0 Å². The molecule has 6 heteroatoms. The molecule has 0 aromatic carbocycles. The van der Waals surface area contributed by atoms with Crippen LogP contribution in [0.3, 0.4) is 0 Å². The minimum absolute atomic E-state index is 0.0315. The summed E-state index contributed by atoms with van der Waals surface area (Å²) in [7, 11) is 1.77. The van der Waals surface area contributed by atoms with E-state index in [1.165, 1.54) is 19.3 Å². The Morgan fingerprint density at radius 3 is 2.31 bits per heavy atom. The highest BCUT2D eigenvalue weighted by molar-refractivity contribution is 5.84. The molecular weight excluding hydrogens is 330 g/mol. The average Bonchev–Trinajstić information content (AvgIpc) is 2.57. The lowest BCUT2D eigenvalue weighted by molar-refractivity contribution is -0.146. The molecule has 3 amide bonds. The van der Waals surface area contributed by atoms with Crippen LogP contribution in [0.15, 0.2) is 0 Å². The number of likely N-dealkylation sites (N-methyl/N-ethyl adjacent to an activating group) is 1. The second kappa shape index (κ2) is 6.86. The third-order valence-corrected chi connectivity index (χ3v) is 7.15. The summed E-state index contributed by atoms with van der Waals surface area (Å²) in [5, 5.41) is 6.05. The number of carbonyl (C=O) groups is 3. The molecule has 5 fully saturated rings. The van der Waals surface area contributed by atoms with Gasteiger partial charge >= 0.3 is 0 Å². The summed E-state index contributed by atoms with van der Waals surface area (Å²) in [6.07, 6.45) is 8.65. The Balaban J connectivity index is 1.22. The lowest BCUT2D eigenvalue weighted by atomic mass is 9.49. The Hall–Kier alpha value is -1.59. The second-order valence-corrected chi connectivity index (χ2v) is 9.28. The van der Waals surface area contributed by atoms with E-state index in [0.717, 1.165) is 37.0 Å². The highest BCUT2D eigenvalue weighted by atomic mass is 16.2. The first-order valence-electron chi connectivity index (χ1n) is 10.3. The van der Waals surface area contributed by atoms with Crippen molar-refractivity contribution in [3.8, 4) is 0 Å². The smallest absolute Gasteiger partial charge is 0.226 e. The van der Waals surface area contributed by atoms with Crippen LogP contribution in [0, 0.1) is 23.2 Å². The van der Waals surface area contributed by atoms with Crippen LogP contribution in [0.1, 0.15) is 57.8 Å².